The molecule has 1 fully saturated rings. The van der Waals surface area contributed by atoms with E-state index >= 15 is 0 Å². The number of carbonyl (C=O) groups is 1. The molecule has 1 saturated heterocycles. The van der Waals surface area contributed by atoms with E-state index < -0.39 is 0 Å². The van der Waals surface area contributed by atoms with Crippen LogP contribution in [-0.4, -0.2) is 45.7 Å². The molecule has 6 heteroatoms. The molecule has 1 N–H and O–H groups in total. The summed E-state index contributed by atoms with van der Waals surface area (Å²) in [6, 6.07) is 10.5. The zero-order valence-corrected chi connectivity index (χ0v) is 16.3. The van der Waals surface area contributed by atoms with Crippen molar-refractivity contribution in [1.29, 1.82) is 0 Å². The Kier molecular flexibility index (Phi) is 7.14. The minimum atomic E-state index is 0.159. The second-order valence-electron chi connectivity index (χ2n) is 6.83. The van der Waals surface area contributed by atoms with Crippen LogP contribution in [0.25, 0.3) is 0 Å². The fraction of sp³-hybridized carbons (Fsp3) is 0.500. The number of likely N-dealkylation sites (tertiary alicyclic amines) is 1. The number of benzene rings is 1. The molecule has 1 aromatic carbocycles. The van der Waals surface area contributed by atoms with E-state index in [-0.39, 0.29) is 11.8 Å². The van der Waals surface area contributed by atoms with Crippen molar-refractivity contribution in [3.63, 3.8) is 0 Å². The van der Waals surface area contributed by atoms with Gasteiger partial charge in [-0.3, -0.25) is 9.69 Å². The van der Waals surface area contributed by atoms with Crippen molar-refractivity contribution < 1.29 is 4.79 Å². The lowest BCUT2D eigenvalue weighted by Gasteiger charge is -2.30. The smallest absolute Gasteiger partial charge is 0.223 e. The molecule has 0 radical (unpaired) electrons. The van der Waals surface area contributed by atoms with Gasteiger partial charge in [-0.25, -0.2) is 4.98 Å². The maximum absolute atomic E-state index is 12.4. The number of nitrogens with one attached hydrogen (secondary N) is 1. The molecule has 0 atom stereocenters. The highest BCUT2D eigenvalue weighted by Gasteiger charge is 2.25. The van der Waals surface area contributed by atoms with Crippen LogP contribution in [0.4, 0.5) is 0 Å². The average molecular weight is 373 g/mol. The minimum Gasteiger partial charge on any atom is -0.355 e. The van der Waals surface area contributed by atoms with Crippen LogP contribution in [0.2, 0.25) is 0 Å². The summed E-state index contributed by atoms with van der Waals surface area (Å²) in [5.74, 6) is 3.43. The van der Waals surface area contributed by atoms with E-state index in [0.717, 1.165) is 56.4 Å². The number of piperidine rings is 1. The van der Waals surface area contributed by atoms with Gasteiger partial charge >= 0.3 is 0 Å². The van der Waals surface area contributed by atoms with Crippen LogP contribution >= 0.6 is 11.8 Å². The van der Waals surface area contributed by atoms with Crippen molar-refractivity contribution in [1.82, 2.24) is 19.8 Å². The van der Waals surface area contributed by atoms with E-state index in [9.17, 15) is 4.79 Å². The van der Waals surface area contributed by atoms with E-state index in [1.165, 1.54) is 5.56 Å². The van der Waals surface area contributed by atoms with Crippen molar-refractivity contribution in [2.75, 3.05) is 25.4 Å². The topological polar surface area (TPSA) is 50.2 Å². The highest BCUT2D eigenvalue weighted by atomic mass is 32.2. The largest absolute Gasteiger partial charge is 0.355 e. The molecule has 0 saturated carbocycles. The Bertz CT molecular complexity index is 680. The Labute approximate surface area is 160 Å². The molecule has 1 aromatic heterocycles. The molecule has 140 valence electrons. The predicted molar refractivity (Wildman–Crippen MR) is 107 cm³/mol. The van der Waals surface area contributed by atoms with Crippen LogP contribution in [0.1, 0.15) is 24.2 Å². The maximum atomic E-state index is 12.4. The van der Waals surface area contributed by atoms with Crippen LogP contribution in [0.15, 0.2) is 42.7 Å². The van der Waals surface area contributed by atoms with Crippen molar-refractivity contribution in [3.05, 3.63) is 54.1 Å². The van der Waals surface area contributed by atoms with Crippen LogP contribution in [0.3, 0.4) is 0 Å². The number of rotatable bonds is 8. The van der Waals surface area contributed by atoms with Crippen LogP contribution in [0, 0.1) is 5.92 Å². The van der Waals surface area contributed by atoms with Crippen LogP contribution in [0.5, 0.6) is 0 Å². The highest BCUT2D eigenvalue weighted by molar-refractivity contribution is 7.98. The predicted octanol–water partition coefficient (Wildman–Crippen LogP) is 2.68. The lowest BCUT2D eigenvalue weighted by atomic mass is 9.96. The minimum absolute atomic E-state index is 0.159. The van der Waals surface area contributed by atoms with E-state index in [0.29, 0.717) is 0 Å². The molecule has 26 heavy (non-hydrogen) atoms. The van der Waals surface area contributed by atoms with E-state index in [4.69, 9.17) is 0 Å². The van der Waals surface area contributed by atoms with Gasteiger partial charge in [0.2, 0.25) is 5.91 Å². The lowest BCUT2D eigenvalue weighted by Crippen LogP contribution is -2.41. The number of thioether (sulfide) groups is 1. The summed E-state index contributed by atoms with van der Waals surface area (Å²) in [6.45, 7) is 3.55. The average Bonchev–Trinajstić information content (AvgIpc) is 3.07. The molecule has 1 aliphatic heterocycles. The summed E-state index contributed by atoms with van der Waals surface area (Å²) in [7, 11) is 2.03. The third-order valence-electron chi connectivity index (χ3n) is 4.90. The van der Waals surface area contributed by atoms with Gasteiger partial charge in [-0.05, 0) is 31.5 Å². The normalized spacial score (nSPS) is 15.9. The van der Waals surface area contributed by atoms with Gasteiger partial charge in [-0.1, -0.05) is 30.3 Å². The summed E-state index contributed by atoms with van der Waals surface area (Å²) >= 11 is 1.87. The Morgan fingerprint density at radius 1 is 1.27 bits per heavy atom. The standard InChI is InChI=1S/C20H28N4OS/c1-23-13-9-21-19(23)15-24-11-7-18(8-12-24)20(25)22-10-14-26-16-17-5-3-2-4-6-17/h2-6,9,13,18H,7-8,10-12,14-16H2,1H3,(H,22,25). The molecule has 1 amide bonds. The van der Waals surface area contributed by atoms with Crippen molar-refractivity contribution in [2.24, 2.45) is 13.0 Å². The first-order chi connectivity index (χ1) is 12.7. The van der Waals surface area contributed by atoms with Crippen molar-refractivity contribution >= 4 is 17.7 Å². The first kappa shape index (κ1) is 19.0. The monoisotopic (exact) mass is 372 g/mol. The number of hydrogen-bond acceptors (Lipinski definition) is 4. The van der Waals surface area contributed by atoms with Crippen molar-refractivity contribution in [3.8, 4) is 0 Å². The first-order valence-electron chi connectivity index (χ1n) is 9.30. The molecular formula is C20H28N4OS. The molecule has 5 nitrogen and oxygen atoms in total. The Morgan fingerprint density at radius 3 is 2.73 bits per heavy atom. The number of imidazole rings is 1. The molecule has 0 spiro atoms. The highest BCUT2D eigenvalue weighted by Crippen LogP contribution is 2.19. The fourth-order valence-corrected chi connectivity index (χ4v) is 4.08. The zero-order valence-electron chi connectivity index (χ0n) is 15.4. The summed E-state index contributed by atoms with van der Waals surface area (Å²) in [4.78, 5) is 19.1. The third-order valence-corrected chi connectivity index (χ3v) is 5.93. The Balaban J connectivity index is 1.29. The van der Waals surface area contributed by atoms with Crippen LogP contribution in [-0.2, 0) is 24.1 Å². The molecule has 3 rings (SSSR count). The fourth-order valence-electron chi connectivity index (χ4n) is 3.26. The van der Waals surface area contributed by atoms with E-state index in [2.05, 4.69) is 44.0 Å². The maximum Gasteiger partial charge on any atom is 0.223 e. The third kappa shape index (κ3) is 5.61. The number of nitrogens with zero attached hydrogens (tertiary/aromatic N) is 3. The van der Waals surface area contributed by atoms with Gasteiger partial charge in [0, 0.05) is 43.4 Å². The van der Waals surface area contributed by atoms with E-state index in [1.807, 2.05) is 37.3 Å². The second-order valence-corrected chi connectivity index (χ2v) is 7.94. The molecule has 0 aliphatic carbocycles. The van der Waals surface area contributed by atoms with Gasteiger partial charge in [0.25, 0.3) is 0 Å². The van der Waals surface area contributed by atoms with Gasteiger partial charge in [-0.2, -0.15) is 11.8 Å². The van der Waals surface area contributed by atoms with Gasteiger partial charge < -0.3 is 9.88 Å². The number of hydrogen-bond donors (Lipinski definition) is 1. The summed E-state index contributed by atoms with van der Waals surface area (Å²) < 4.78 is 2.06. The van der Waals surface area contributed by atoms with E-state index in [1.54, 1.807) is 0 Å². The second kappa shape index (κ2) is 9.78. The Morgan fingerprint density at radius 2 is 2.04 bits per heavy atom. The van der Waals surface area contributed by atoms with Gasteiger partial charge in [0.05, 0.1) is 6.54 Å². The zero-order chi connectivity index (χ0) is 18.2. The number of carbonyl (C=O) groups excluding carboxylic acids is 1. The molecule has 0 bridgehead atoms. The molecule has 2 aromatic rings. The van der Waals surface area contributed by atoms with Crippen LogP contribution < -0.4 is 5.32 Å². The van der Waals surface area contributed by atoms with Gasteiger partial charge in [-0.15, -0.1) is 0 Å². The molecule has 2 heterocycles. The molecule has 1 aliphatic rings. The molecular weight excluding hydrogens is 344 g/mol. The molecule has 0 unspecified atom stereocenters. The van der Waals surface area contributed by atoms with Crippen molar-refractivity contribution in [2.45, 2.75) is 25.1 Å². The summed E-state index contributed by atoms with van der Waals surface area (Å²) in [5.41, 5.74) is 1.34. The lowest BCUT2D eigenvalue weighted by molar-refractivity contribution is -0.126. The number of aryl methyl sites for hydroxylation is 1. The summed E-state index contributed by atoms with van der Waals surface area (Å²) in [6.07, 6.45) is 5.69. The van der Waals surface area contributed by atoms with Gasteiger partial charge in [0.15, 0.2) is 0 Å². The Hall–Kier alpha value is -1.79. The quantitative estimate of drug-likeness (QED) is 0.724. The SMILES string of the molecule is Cn1ccnc1CN1CCC(C(=O)NCCSCc2ccccc2)CC1. The first-order valence-corrected chi connectivity index (χ1v) is 10.5. The number of amides is 1. The summed E-state index contributed by atoms with van der Waals surface area (Å²) in [5, 5.41) is 3.11. The number of aromatic nitrogens is 2. The van der Waals surface area contributed by atoms with Gasteiger partial charge in [0.1, 0.15) is 5.82 Å².